The van der Waals surface area contributed by atoms with Crippen LogP contribution in [-0.2, 0) is 0 Å². The number of thiophene rings is 1. The Morgan fingerprint density at radius 3 is 2.38 bits per heavy atom. The molecule has 6 nitrogen and oxygen atoms in total. The number of nitrogens with zero attached hydrogens (tertiary/aromatic N) is 3. The number of thiocarbonyl (C=S) groups is 1. The van der Waals surface area contributed by atoms with E-state index in [1.54, 1.807) is 41.4 Å². The van der Waals surface area contributed by atoms with Crippen molar-refractivity contribution in [1.29, 1.82) is 0 Å². The van der Waals surface area contributed by atoms with E-state index in [1.165, 1.54) is 17.0 Å². The lowest BCUT2D eigenvalue weighted by molar-refractivity contribution is -0.384. The minimum atomic E-state index is -0.392. The maximum Gasteiger partial charge on any atom is 0.269 e. The van der Waals surface area contributed by atoms with Gasteiger partial charge in [-0.25, -0.2) is 0 Å². The number of pyridine rings is 1. The maximum absolute atomic E-state index is 10.9. The average molecular weight is 570 g/mol. The van der Waals surface area contributed by atoms with Crippen LogP contribution in [0, 0.1) is 10.1 Å². The summed E-state index contributed by atoms with van der Waals surface area (Å²) in [6.45, 7) is 0. The van der Waals surface area contributed by atoms with Crippen molar-refractivity contribution in [1.82, 2.24) is 10.3 Å². The van der Waals surface area contributed by atoms with Gasteiger partial charge >= 0.3 is 0 Å². The van der Waals surface area contributed by atoms with Crippen LogP contribution in [0.15, 0.2) is 98.6 Å². The van der Waals surface area contributed by atoms with Crippen LogP contribution in [0.2, 0.25) is 0 Å². The molecule has 0 radical (unpaired) electrons. The minimum absolute atomic E-state index is 0.0353. The number of rotatable bonds is 6. The molecule has 2 aromatic heterocycles. The number of hydrogen-bond acceptors (Lipinski definition) is 6. The predicted molar refractivity (Wildman–Crippen MR) is 144 cm³/mol. The van der Waals surface area contributed by atoms with Gasteiger partial charge < -0.3 is 10.2 Å². The molecule has 1 N–H and O–H groups in total. The number of aromatic nitrogens is 1. The van der Waals surface area contributed by atoms with Crippen LogP contribution >= 0.6 is 51.2 Å². The fraction of sp³-hybridized carbons (Fsp3) is 0.0833. The van der Waals surface area contributed by atoms with Gasteiger partial charge in [-0.05, 0) is 82.7 Å². The minimum Gasteiger partial charge on any atom is -0.351 e. The first-order valence-electron chi connectivity index (χ1n) is 10.3. The van der Waals surface area contributed by atoms with Crippen LogP contribution in [0.4, 0.5) is 11.4 Å². The fourth-order valence-electron chi connectivity index (χ4n) is 3.85. The van der Waals surface area contributed by atoms with Crippen molar-refractivity contribution in [3.63, 3.8) is 0 Å². The van der Waals surface area contributed by atoms with E-state index in [4.69, 9.17) is 12.2 Å². The van der Waals surface area contributed by atoms with Gasteiger partial charge in [0, 0.05) is 48.5 Å². The Hall–Kier alpha value is -2.79. The van der Waals surface area contributed by atoms with Crippen LogP contribution < -0.4 is 10.2 Å². The monoisotopic (exact) mass is 568 g/mol. The van der Waals surface area contributed by atoms with E-state index >= 15 is 0 Å². The molecule has 1 saturated heterocycles. The number of halogens is 1. The van der Waals surface area contributed by atoms with Crippen molar-refractivity contribution in [3.8, 4) is 0 Å². The van der Waals surface area contributed by atoms with Crippen LogP contribution in [-0.4, -0.2) is 15.0 Å². The highest BCUT2D eigenvalue weighted by Gasteiger charge is 2.41. The second-order valence-corrected chi connectivity index (χ2v) is 10.9. The van der Waals surface area contributed by atoms with Crippen molar-refractivity contribution >= 4 is 67.7 Å². The van der Waals surface area contributed by atoms with Crippen LogP contribution in [0.3, 0.4) is 0 Å². The Morgan fingerprint density at radius 2 is 1.79 bits per heavy atom. The van der Waals surface area contributed by atoms with Gasteiger partial charge in [0.05, 0.1) is 22.7 Å². The SMILES string of the molecule is O=[N+]([O-])c1ccc(Sc2ccc(N3C(=S)N[C@@H](c4ccccn4)[C@@H]3c3cc(Br)cs3)cc2)cc1. The molecule has 4 aromatic rings. The van der Waals surface area contributed by atoms with Crippen molar-refractivity contribution in [2.75, 3.05) is 4.90 Å². The molecule has 170 valence electrons. The third-order valence-electron chi connectivity index (χ3n) is 5.38. The van der Waals surface area contributed by atoms with E-state index in [9.17, 15) is 10.1 Å². The molecule has 0 unspecified atom stereocenters. The van der Waals surface area contributed by atoms with Gasteiger partial charge in [0.15, 0.2) is 5.11 Å². The lowest BCUT2D eigenvalue weighted by Gasteiger charge is -2.27. The molecule has 10 heteroatoms. The van der Waals surface area contributed by atoms with Gasteiger partial charge in [-0.2, -0.15) is 0 Å². The number of non-ortho nitro benzene ring substituents is 1. The molecular formula is C24H17BrN4O2S3. The Bertz CT molecular complexity index is 1330. The molecule has 5 rings (SSSR count). The van der Waals surface area contributed by atoms with E-state index in [2.05, 4.69) is 54.7 Å². The zero-order valence-electron chi connectivity index (χ0n) is 17.5. The van der Waals surface area contributed by atoms with Gasteiger partial charge in [0.1, 0.15) is 0 Å². The zero-order valence-corrected chi connectivity index (χ0v) is 21.5. The van der Waals surface area contributed by atoms with Crippen molar-refractivity contribution in [2.24, 2.45) is 0 Å². The lowest BCUT2D eigenvalue weighted by Crippen LogP contribution is -2.29. The second-order valence-electron chi connectivity index (χ2n) is 7.51. The number of benzene rings is 2. The molecule has 34 heavy (non-hydrogen) atoms. The molecule has 0 saturated carbocycles. The summed E-state index contributed by atoms with van der Waals surface area (Å²) in [5, 5.41) is 17.1. The summed E-state index contributed by atoms with van der Waals surface area (Å²) in [6.07, 6.45) is 1.80. The Morgan fingerprint density at radius 1 is 1.09 bits per heavy atom. The average Bonchev–Trinajstić information content (AvgIpc) is 3.43. The Kier molecular flexibility index (Phi) is 6.64. The number of anilines is 1. The van der Waals surface area contributed by atoms with E-state index in [0.717, 1.165) is 25.6 Å². The van der Waals surface area contributed by atoms with Crippen LogP contribution in [0.5, 0.6) is 0 Å². The van der Waals surface area contributed by atoms with E-state index in [-0.39, 0.29) is 17.8 Å². The topological polar surface area (TPSA) is 71.3 Å². The first kappa shape index (κ1) is 23.0. The van der Waals surface area contributed by atoms with Gasteiger partial charge in [-0.3, -0.25) is 15.1 Å². The number of nitrogens with one attached hydrogen (secondary N) is 1. The van der Waals surface area contributed by atoms with Crippen molar-refractivity contribution < 1.29 is 4.92 Å². The standard InChI is InChI=1S/C24H17BrN4O2S3/c25-15-13-21(33-14-15)23-22(20-3-1-2-12-26-20)27-24(32)28(23)16-4-8-18(9-5-16)34-19-10-6-17(7-11-19)29(30)31/h1-14,22-23H,(H,27,32)/t22-,23-/m0/s1. The summed E-state index contributed by atoms with van der Waals surface area (Å²) >= 11 is 12.6. The van der Waals surface area contributed by atoms with Crippen molar-refractivity contribution in [2.45, 2.75) is 21.9 Å². The van der Waals surface area contributed by atoms with Gasteiger partial charge in [0.25, 0.3) is 5.69 Å². The molecule has 0 aliphatic carbocycles. The number of hydrogen-bond donors (Lipinski definition) is 1. The highest BCUT2D eigenvalue weighted by atomic mass is 79.9. The van der Waals surface area contributed by atoms with Crippen molar-refractivity contribution in [3.05, 3.63) is 110 Å². The summed E-state index contributed by atoms with van der Waals surface area (Å²) in [6, 6.07) is 22.7. The van der Waals surface area contributed by atoms with E-state index < -0.39 is 4.92 Å². The predicted octanol–water partition coefficient (Wildman–Crippen LogP) is 7.14. The van der Waals surface area contributed by atoms with Gasteiger partial charge in [0.2, 0.25) is 0 Å². The second kappa shape index (κ2) is 9.83. The first-order valence-corrected chi connectivity index (χ1v) is 13.2. The largest absolute Gasteiger partial charge is 0.351 e. The maximum atomic E-state index is 10.9. The van der Waals surface area contributed by atoms with Crippen LogP contribution in [0.25, 0.3) is 0 Å². The molecule has 3 heterocycles. The normalized spacial score (nSPS) is 17.6. The Labute approximate surface area is 218 Å². The molecule has 1 aliphatic rings. The van der Waals surface area contributed by atoms with Crippen LogP contribution in [0.1, 0.15) is 22.7 Å². The van der Waals surface area contributed by atoms with E-state index in [1.807, 2.05) is 30.3 Å². The number of nitro groups is 1. The summed E-state index contributed by atoms with van der Waals surface area (Å²) < 4.78 is 1.04. The summed E-state index contributed by atoms with van der Waals surface area (Å²) in [7, 11) is 0. The molecule has 1 fully saturated rings. The molecule has 0 spiro atoms. The summed E-state index contributed by atoms with van der Waals surface area (Å²) in [4.78, 5) is 20.4. The molecular weight excluding hydrogens is 552 g/mol. The smallest absolute Gasteiger partial charge is 0.269 e. The number of nitro benzene ring substituents is 1. The highest BCUT2D eigenvalue weighted by molar-refractivity contribution is 9.10. The summed E-state index contributed by atoms with van der Waals surface area (Å²) in [5.41, 5.74) is 2.01. The zero-order chi connectivity index (χ0) is 23.7. The Balaban J connectivity index is 1.43. The molecule has 0 amide bonds. The molecule has 2 atom stereocenters. The third kappa shape index (κ3) is 4.72. The highest BCUT2D eigenvalue weighted by Crippen LogP contribution is 2.44. The van der Waals surface area contributed by atoms with E-state index in [0.29, 0.717) is 5.11 Å². The molecule has 2 aromatic carbocycles. The molecule has 1 aliphatic heterocycles. The first-order chi connectivity index (χ1) is 16.5. The summed E-state index contributed by atoms with van der Waals surface area (Å²) in [5.74, 6) is 0. The van der Waals surface area contributed by atoms with Gasteiger partial charge in [-0.15, -0.1) is 11.3 Å². The third-order valence-corrected chi connectivity index (χ3v) is 8.47. The lowest BCUT2D eigenvalue weighted by atomic mass is 10.0. The molecule has 0 bridgehead atoms. The van der Waals surface area contributed by atoms with Gasteiger partial charge in [-0.1, -0.05) is 17.8 Å². The fourth-order valence-corrected chi connectivity index (χ4v) is 6.59. The quantitative estimate of drug-likeness (QED) is 0.150.